The SMILES string of the molecule is NC1CCC2CN(C(=O)c3coc(Br)c3)CC12. The van der Waals surface area contributed by atoms with Crippen LogP contribution < -0.4 is 5.73 Å². The number of hydrogen-bond donors (Lipinski definition) is 1. The summed E-state index contributed by atoms with van der Waals surface area (Å²) in [4.78, 5) is 14.1. The van der Waals surface area contributed by atoms with Crippen LogP contribution in [0.15, 0.2) is 21.4 Å². The summed E-state index contributed by atoms with van der Waals surface area (Å²) < 4.78 is 5.70. The molecule has 1 amide bonds. The van der Waals surface area contributed by atoms with Gasteiger partial charge in [-0.25, -0.2) is 0 Å². The summed E-state index contributed by atoms with van der Waals surface area (Å²) in [6.07, 6.45) is 3.76. The Labute approximate surface area is 108 Å². The van der Waals surface area contributed by atoms with Crippen LogP contribution in [-0.2, 0) is 0 Å². The van der Waals surface area contributed by atoms with Crippen molar-refractivity contribution in [3.63, 3.8) is 0 Å². The zero-order valence-electron chi connectivity index (χ0n) is 9.43. The number of carbonyl (C=O) groups excluding carboxylic acids is 1. The fourth-order valence-corrected chi connectivity index (χ4v) is 3.42. The van der Waals surface area contributed by atoms with E-state index in [-0.39, 0.29) is 11.9 Å². The molecule has 17 heavy (non-hydrogen) atoms. The van der Waals surface area contributed by atoms with Gasteiger partial charge in [-0.2, -0.15) is 0 Å². The number of nitrogens with two attached hydrogens (primary N) is 1. The van der Waals surface area contributed by atoms with Gasteiger partial charge in [0.1, 0.15) is 6.26 Å². The number of amides is 1. The van der Waals surface area contributed by atoms with E-state index in [0.29, 0.717) is 22.1 Å². The van der Waals surface area contributed by atoms with E-state index in [9.17, 15) is 4.79 Å². The second kappa shape index (κ2) is 4.14. The number of likely N-dealkylation sites (tertiary alicyclic amines) is 1. The fraction of sp³-hybridized carbons (Fsp3) is 0.583. The first-order valence-corrected chi connectivity index (χ1v) is 6.73. The molecular weight excluding hydrogens is 284 g/mol. The summed E-state index contributed by atoms with van der Waals surface area (Å²) >= 11 is 3.21. The van der Waals surface area contributed by atoms with Crippen molar-refractivity contribution in [3.8, 4) is 0 Å². The zero-order chi connectivity index (χ0) is 12.0. The molecule has 3 atom stereocenters. The molecule has 2 heterocycles. The minimum absolute atomic E-state index is 0.0565. The smallest absolute Gasteiger partial charge is 0.257 e. The Kier molecular flexibility index (Phi) is 2.75. The van der Waals surface area contributed by atoms with Crippen LogP contribution in [0.4, 0.5) is 0 Å². The fourth-order valence-electron chi connectivity index (χ4n) is 3.08. The lowest BCUT2D eigenvalue weighted by molar-refractivity contribution is 0.0779. The van der Waals surface area contributed by atoms with Gasteiger partial charge in [0.15, 0.2) is 4.67 Å². The molecule has 1 aromatic rings. The third-order valence-electron chi connectivity index (χ3n) is 4.01. The van der Waals surface area contributed by atoms with Crippen LogP contribution in [0.25, 0.3) is 0 Å². The average Bonchev–Trinajstić information content (AvgIpc) is 2.96. The van der Waals surface area contributed by atoms with Crippen molar-refractivity contribution in [1.29, 1.82) is 0 Å². The van der Waals surface area contributed by atoms with Crippen LogP contribution >= 0.6 is 15.9 Å². The van der Waals surface area contributed by atoms with E-state index in [1.165, 1.54) is 6.26 Å². The van der Waals surface area contributed by atoms with Gasteiger partial charge in [-0.3, -0.25) is 4.79 Å². The lowest BCUT2D eigenvalue weighted by Gasteiger charge is -2.17. The second-order valence-electron chi connectivity index (χ2n) is 5.01. The average molecular weight is 299 g/mol. The van der Waals surface area contributed by atoms with Gasteiger partial charge < -0.3 is 15.1 Å². The molecule has 0 spiro atoms. The van der Waals surface area contributed by atoms with Crippen molar-refractivity contribution >= 4 is 21.8 Å². The van der Waals surface area contributed by atoms with Gasteiger partial charge in [-0.15, -0.1) is 0 Å². The Morgan fingerprint density at radius 1 is 1.47 bits per heavy atom. The Morgan fingerprint density at radius 2 is 2.29 bits per heavy atom. The Hall–Kier alpha value is -0.810. The van der Waals surface area contributed by atoms with E-state index in [1.807, 2.05) is 4.90 Å². The normalized spacial score (nSPS) is 31.9. The first kappa shape index (κ1) is 11.3. The summed E-state index contributed by atoms with van der Waals surface area (Å²) in [5.41, 5.74) is 6.68. The Balaban J connectivity index is 1.73. The van der Waals surface area contributed by atoms with Crippen LogP contribution in [0.1, 0.15) is 23.2 Å². The van der Waals surface area contributed by atoms with E-state index < -0.39 is 0 Å². The number of hydrogen-bond acceptors (Lipinski definition) is 3. The highest BCUT2D eigenvalue weighted by Crippen LogP contribution is 2.37. The topological polar surface area (TPSA) is 59.5 Å². The van der Waals surface area contributed by atoms with Gasteiger partial charge in [0, 0.05) is 25.2 Å². The maximum atomic E-state index is 12.2. The number of rotatable bonds is 1. The van der Waals surface area contributed by atoms with Gasteiger partial charge in [0.05, 0.1) is 5.56 Å². The predicted octanol–water partition coefficient (Wildman–Crippen LogP) is 1.85. The lowest BCUT2D eigenvalue weighted by Crippen LogP contribution is -2.33. The minimum Gasteiger partial charge on any atom is -0.457 e. The van der Waals surface area contributed by atoms with Crippen LogP contribution in [0.2, 0.25) is 0 Å². The molecule has 4 nitrogen and oxygen atoms in total. The molecule has 3 rings (SSSR count). The van der Waals surface area contributed by atoms with Gasteiger partial charge in [-0.05, 0) is 40.6 Å². The first-order chi connectivity index (χ1) is 8.15. The molecule has 0 bridgehead atoms. The molecule has 3 unspecified atom stereocenters. The number of fused-ring (bicyclic) bond motifs is 1. The van der Waals surface area contributed by atoms with Crippen molar-refractivity contribution in [1.82, 2.24) is 4.90 Å². The maximum absolute atomic E-state index is 12.2. The van der Waals surface area contributed by atoms with Gasteiger partial charge in [0.25, 0.3) is 5.91 Å². The molecular formula is C12H15BrN2O2. The molecule has 92 valence electrons. The van der Waals surface area contributed by atoms with Crippen molar-refractivity contribution in [2.24, 2.45) is 17.6 Å². The Morgan fingerprint density at radius 3 is 2.94 bits per heavy atom. The quantitative estimate of drug-likeness (QED) is 0.861. The van der Waals surface area contributed by atoms with Gasteiger partial charge >= 0.3 is 0 Å². The predicted molar refractivity (Wildman–Crippen MR) is 66.5 cm³/mol. The minimum atomic E-state index is 0.0565. The first-order valence-electron chi connectivity index (χ1n) is 5.94. The summed E-state index contributed by atoms with van der Waals surface area (Å²) in [7, 11) is 0. The molecule has 1 aliphatic carbocycles. The monoisotopic (exact) mass is 298 g/mol. The van der Waals surface area contributed by atoms with Crippen molar-refractivity contribution in [2.45, 2.75) is 18.9 Å². The highest BCUT2D eigenvalue weighted by molar-refractivity contribution is 9.10. The molecule has 0 radical (unpaired) electrons. The molecule has 1 saturated carbocycles. The van der Waals surface area contributed by atoms with Crippen LogP contribution in [0.3, 0.4) is 0 Å². The lowest BCUT2D eigenvalue weighted by atomic mass is 9.98. The number of halogens is 1. The second-order valence-corrected chi connectivity index (χ2v) is 5.80. The van der Waals surface area contributed by atoms with Gasteiger partial charge in [-0.1, -0.05) is 0 Å². The van der Waals surface area contributed by atoms with Crippen LogP contribution in [0, 0.1) is 11.8 Å². The number of carbonyl (C=O) groups is 1. The van der Waals surface area contributed by atoms with E-state index >= 15 is 0 Å². The summed E-state index contributed by atoms with van der Waals surface area (Å²) in [5.74, 6) is 1.15. The highest BCUT2D eigenvalue weighted by Gasteiger charge is 2.42. The molecule has 1 aromatic heterocycles. The third-order valence-corrected chi connectivity index (χ3v) is 4.43. The largest absolute Gasteiger partial charge is 0.457 e. The Bertz CT molecular complexity index is 445. The van der Waals surface area contributed by atoms with Crippen molar-refractivity contribution < 1.29 is 9.21 Å². The number of furan rings is 1. The molecule has 1 saturated heterocycles. The van der Waals surface area contributed by atoms with Crippen LogP contribution in [0.5, 0.6) is 0 Å². The summed E-state index contributed by atoms with van der Waals surface area (Å²) in [6, 6.07) is 1.99. The maximum Gasteiger partial charge on any atom is 0.257 e. The van der Waals surface area contributed by atoms with E-state index in [2.05, 4.69) is 15.9 Å². The van der Waals surface area contributed by atoms with Crippen molar-refractivity contribution in [2.75, 3.05) is 13.1 Å². The zero-order valence-corrected chi connectivity index (χ0v) is 11.0. The molecule has 0 aromatic carbocycles. The summed E-state index contributed by atoms with van der Waals surface area (Å²) in [6.45, 7) is 1.65. The van der Waals surface area contributed by atoms with E-state index in [0.717, 1.165) is 25.9 Å². The van der Waals surface area contributed by atoms with Crippen LogP contribution in [-0.4, -0.2) is 29.9 Å². The highest BCUT2D eigenvalue weighted by atomic mass is 79.9. The standard InChI is InChI=1S/C12H15BrN2O2/c13-11-3-8(6-17-11)12(16)15-4-7-1-2-10(14)9(7)5-15/h3,6-7,9-10H,1-2,4-5,14H2. The molecule has 5 heteroatoms. The molecule has 2 fully saturated rings. The van der Waals surface area contributed by atoms with Crippen molar-refractivity contribution in [3.05, 3.63) is 22.6 Å². The number of nitrogens with zero attached hydrogens (tertiary/aromatic N) is 1. The third kappa shape index (κ3) is 1.91. The van der Waals surface area contributed by atoms with E-state index in [4.69, 9.17) is 10.2 Å². The summed E-state index contributed by atoms with van der Waals surface area (Å²) in [5, 5.41) is 0. The van der Waals surface area contributed by atoms with Gasteiger partial charge in [0.2, 0.25) is 0 Å². The molecule has 2 aliphatic rings. The van der Waals surface area contributed by atoms with E-state index in [1.54, 1.807) is 6.07 Å². The molecule has 1 aliphatic heterocycles. The molecule has 2 N–H and O–H groups in total.